The molecular weight excluding hydrogens is 442 g/mol. The number of hydrogen-bond acceptors (Lipinski definition) is 5. The summed E-state index contributed by atoms with van der Waals surface area (Å²) in [7, 11) is 0. The zero-order valence-corrected chi connectivity index (χ0v) is 18.9. The molecule has 0 aliphatic heterocycles. The first-order valence-corrected chi connectivity index (χ1v) is 10.9. The van der Waals surface area contributed by atoms with Gasteiger partial charge in [-0.3, -0.25) is 14.6 Å². The third-order valence-electron chi connectivity index (χ3n) is 5.40. The van der Waals surface area contributed by atoms with Crippen molar-refractivity contribution < 1.29 is 19.4 Å². The van der Waals surface area contributed by atoms with Gasteiger partial charge in [-0.05, 0) is 52.7 Å². The monoisotopic (exact) mass is 464 g/mol. The zero-order chi connectivity index (χ0) is 24.8. The van der Waals surface area contributed by atoms with Gasteiger partial charge in [0.2, 0.25) is 0 Å². The highest BCUT2D eigenvalue weighted by Crippen LogP contribution is 2.21. The second-order valence-electron chi connectivity index (χ2n) is 7.86. The number of nitrogens with zero attached hydrogens (tertiary/aromatic N) is 2. The minimum absolute atomic E-state index is 0.142. The van der Waals surface area contributed by atoms with E-state index in [0.717, 1.165) is 10.9 Å². The fourth-order valence-electron chi connectivity index (χ4n) is 3.69. The molecule has 4 aromatic rings. The Bertz CT molecular complexity index is 1440. The molecule has 4 rings (SSSR count). The van der Waals surface area contributed by atoms with Crippen LogP contribution in [0.15, 0.2) is 85.2 Å². The van der Waals surface area contributed by atoms with Crippen molar-refractivity contribution in [2.45, 2.75) is 13.5 Å². The summed E-state index contributed by atoms with van der Waals surface area (Å²) in [6.07, 6.45) is 3.01. The quantitative estimate of drug-likeness (QED) is 0.392. The van der Waals surface area contributed by atoms with E-state index < -0.39 is 0 Å². The maximum absolute atomic E-state index is 13.1. The summed E-state index contributed by atoms with van der Waals surface area (Å²) in [6.45, 7) is 1.66. The predicted molar refractivity (Wildman–Crippen MR) is 129 cm³/mol. The van der Waals surface area contributed by atoms with Crippen molar-refractivity contribution in [2.75, 3.05) is 0 Å². The third-order valence-corrected chi connectivity index (χ3v) is 5.40. The minimum atomic E-state index is -0.367. The van der Waals surface area contributed by atoms with Crippen molar-refractivity contribution in [2.24, 2.45) is 0 Å². The number of nitriles is 1. The molecule has 3 aromatic carbocycles. The average Bonchev–Trinajstić information content (AvgIpc) is 2.90. The number of aromatic nitrogens is 1. The van der Waals surface area contributed by atoms with Gasteiger partial charge in [-0.15, -0.1) is 5.01 Å². The number of benzene rings is 3. The van der Waals surface area contributed by atoms with E-state index in [1.54, 1.807) is 72.9 Å². The summed E-state index contributed by atoms with van der Waals surface area (Å²) in [5.41, 5.74) is 5.45. The van der Waals surface area contributed by atoms with Crippen LogP contribution in [-0.4, -0.2) is 22.7 Å². The average molecular weight is 465 g/mol. The van der Waals surface area contributed by atoms with E-state index in [1.165, 1.54) is 13.1 Å². The van der Waals surface area contributed by atoms with Crippen molar-refractivity contribution in [1.82, 2.24) is 15.7 Å². The van der Waals surface area contributed by atoms with Crippen LogP contribution in [-0.2, 0) is 11.3 Å². The molecule has 0 spiro atoms. The molecule has 1 atom stereocenters. The molecule has 1 heterocycles. The Balaban J connectivity index is 1.60. The number of carbonyl (C=O) groups is 3. The van der Waals surface area contributed by atoms with E-state index in [2.05, 4.69) is 21.8 Å². The summed E-state index contributed by atoms with van der Waals surface area (Å²) in [4.78, 5) is 41.8. The molecule has 0 fully saturated rings. The van der Waals surface area contributed by atoms with Crippen LogP contribution in [0.1, 0.15) is 38.8 Å². The molecule has 8 nitrogen and oxygen atoms in total. The van der Waals surface area contributed by atoms with Crippen molar-refractivity contribution in [3.8, 4) is 6.07 Å². The van der Waals surface area contributed by atoms with Crippen LogP contribution < -0.4 is 15.8 Å². The van der Waals surface area contributed by atoms with E-state index in [0.29, 0.717) is 34.3 Å². The molecule has 0 aliphatic rings. The Morgan fingerprint density at radius 3 is 2.49 bits per heavy atom. The Hall–Kier alpha value is -4.87. The number of nitrogens with one attached hydrogen (secondary N) is 3. The van der Waals surface area contributed by atoms with E-state index >= 15 is 0 Å². The predicted octanol–water partition coefficient (Wildman–Crippen LogP) is 2.44. The first-order valence-electron chi connectivity index (χ1n) is 10.9. The summed E-state index contributed by atoms with van der Waals surface area (Å²) in [5, 5.41) is 13.4. The van der Waals surface area contributed by atoms with Gasteiger partial charge in [0.1, 0.15) is 5.56 Å². The van der Waals surface area contributed by atoms with Crippen molar-refractivity contribution >= 4 is 34.2 Å². The van der Waals surface area contributed by atoms with Gasteiger partial charge in [0.25, 0.3) is 11.8 Å². The van der Waals surface area contributed by atoms with Crippen molar-refractivity contribution in [3.05, 3.63) is 107 Å². The molecule has 0 bridgehead atoms. The van der Waals surface area contributed by atoms with Crippen molar-refractivity contribution in [3.63, 3.8) is 0 Å². The lowest BCUT2D eigenvalue weighted by Gasteiger charge is -2.17. The highest BCUT2D eigenvalue weighted by molar-refractivity contribution is 6.07. The highest BCUT2D eigenvalue weighted by Gasteiger charge is 2.26. The SMILES string of the molecule is CC(=O)N[NH+](C(=O)c1cccnc1)c1ccc2c(C(=O)NCc3ccc(C#N)cc3)cccc2c1. The number of rotatable bonds is 5. The van der Waals surface area contributed by atoms with Gasteiger partial charge in [0.05, 0.1) is 11.6 Å². The second kappa shape index (κ2) is 10.4. The summed E-state index contributed by atoms with van der Waals surface area (Å²) in [5.74, 6) is -0.970. The van der Waals surface area contributed by atoms with Gasteiger partial charge in [-0.25, -0.2) is 4.79 Å². The molecule has 3 amide bonds. The van der Waals surface area contributed by atoms with Crippen LogP contribution in [0.2, 0.25) is 0 Å². The van der Waals surface area contributed by atoms with E-state index in [-0.39, 0.29) is 22.7 Å². The van der Waals surface area contributed by atoms with Gasteiger partial charge in [0.15, 0.2) is 5.69 Å². The molecule has 35 heavy (non-hydrogen) atoms. The topological polar surface area (TPSA) is 116 Å². The van der Waals surface area contributed by atoms with Crippen LogP contribution >= 0.6 is 0 Å². The Morgan fingerprint density at radius 2 is 1.80 bits per heavy atom. The van der Waals surface area contributed by atoms with Crippen LogP contribution in [0.3, 0.4) is 0 Å². The Kier molecular flexibility index (Phi) is 6.91. The standard InChI is InChI=1S/C27H21N5O3/c1-18(33)31-32(27(35)22-5-3-13-29-17-22)23-11-12-24-21(14-23)4-2-6-25(24)26(34)30-16-20-9-7-19(15-28)8-10-20/h2-14,17H,16H2,1H3,(H,30,34)(H,31,33)/p+1. The Morgan fingerprint density at radius 1 is 1.00 bits per heavy atom. The van der Waals surface area contributed by atoms with E-state index in [9.17, 15) is 14.4 Å². The molecule has 0 saturated heterocycles. The first-order chi connectivity index (χ1) is 17.0. The van der Waals surface area contributed by atoms with Crippen LogP contribution in [0, 0.1) is 11.3 Å². The van der Waals surface area contributed by atoms with Crippen LogP contribution in [0.5, 0.6) is 0 Å². The number of carbonyl (C=O) groups excluding carboxylic acids is 3. The minimum Gasteiger partial charge on any atom is -0.348 e. The third kappa shape index (κ3) is 5.38. The number of amides is 3. The number of quaternary nitrogens is 1. The maximum atomic E-state index is 13.1. The van der Waals surface area contributed by atoms with Gasteiger partial charge < -0.3 is 5.32 Å². The van der Waals surface area contributed by atoms with Crippen molar-refractivity contribution in [1.29, 1.82) is 5.26 Å². The number of hydrogen-bond donors (Lipinski definition) is 3. The number of pyridine rings is 1. The molecule has 3 N–H and O–H groups in total. The lowest BCUT2D eigenvalue weighted by atomic mass is 10.0. The molecule has 0 radical (unpaired) electrons. The molecule has 1 aromatic heterocycles. The maximum Gasteiger partial charge on any atom is 0.375 e. The van der Waals surface area contributed by atoms with Gasteiger partial charge in [-0.2, -0.15) is 10.7 Å². The van der Waals surface area contributed by atoms with E-state index in [4.69, 9.17) is 5.26 Å². The van der Waals surface area contributed by atoms with Gasteiger partial charge >= 0.3 is 5.91 Å². The molecule has 8 heteroatoms. The lowest BCUT2D eigenvalue weighted by Crippen LogP contribution is -3.17. The molecule has 0 saturated carbocycles. The fraction of sp³-hybridized carbons (Fsp3) is 0.0741. The summed E-state index contributed by atoms with van der Waals surface area (Å²) in [6, 6.07) is 22.9. The summed E-state index contributed by atoms with van der Waals surface area (Å²) >= 11 is 0. The summed E-state index contributed by atoms with van der Waals surface area (Å²) < 4.78 is 0. The van der Waals surface area contributed by atoms with Gasteiger partial charge in [0, 0.05) is 43.6 Å². The van der Waals surface area contributed by atoms with Crippen LogP contribution in [0.4, 0.5) is 5.69 Å². The largest absolute Gasteiger partial charge is 0.375 e. The second-order valence-corrected chi connectivity index (χ2v) is 7.86. The smallest absolute Gasteiger partial charge is 0.348 e. The fourth-order valence-corrected chi connectivity index (χ4v) is 3.69. The zero-order valence-electron chi connectivity index (χ0n) is 18.9. The lowest BCUT2D eigenvalue weighted by molar-refractivity contribution is -0.783. The molecule has 0 aliphatic carbocycles. The molecule has 1 unspecified atom stereocenters. The van der Waals surface area contributed by atoms with Crippen LogP contribution in [0.25, 0.3) is 10.8 Å². The normalized spacial score (nSPS) is 11.3. The first kappa shape index (κ1) is 23.3. The highest BCUT2D eigenvalue weighted by atomic mass is 16.2. The molecular formula is C27H22N5O3+. The number of fused-ring (bicyclic) bond motifs is 1. The van der Waals surface area contributed by atoms with Gasteiger partial charge in [-0.1, -0.05) is 24.3 Å². The molecule has 172 valence electrons. The Labute approximate surface area is 201 Å². The van der Waals surface area contributed by atoms with E-state index in [1.807, 2.05) is 6.07 Å².